The quantitative estimate of drug-likeness (QED) is 0.249. The maximum atomic E-state index is 2.71. The Morgan fingerprint density at radius 3 is 1.30 bits per heavy atom. The monoisotopic (exact) mass is 325 g/mol. The molecule has 0 aliphatic heterocycles. The standard InChI is InChI=1S/C22H47N/c1-6-9-10-11-12-13-14-15-16-17-18-19-22(4,5)23(20-7-2)21-8-3/h6-21H2,1-5H3. The number of nitrogens with zero attached hydrogens (tertiary/aromatic N) is 1. The van der Waals surface area contributed by atoms with E-state index in [1.807, 2.05) is 0 Å². The second-order valence-electron chi connectivity index (χ2n) is 8.09. The smallest absolute Gasteiger partial charge is 0.0153 e. The van der Waals surface area contributed by atoms with Gasteiger partial charge in [-0.05, 0) is 46.2 Å². The highest BCUT2D eigenvalue weighted by Gasteiger charge is 2.24. The van der Waals surface area contributed by atoms with Crippen LogP contribution in [0.2, 0.25) is 0 Å². The summed E-state index contributed by atoms with van der Waals surface area (Å²) < 4.78 is 0. The van der Waals surface area contributed by atoms with Crippen molar-refractivity contribution in [3.8, 4) is 0 Å². The summed E-state index contributed by atoms with van der Waals surface area (Å²) in [5.74, 6) is 0. The Morgan fingerprint density at radius 1 is 0.522 bits per heavy atom. The Hall–Kier alpha value is -0.0400. The van der Waals surface area contributed by atoms with Gasteiger partial charge in [0, 0.05) is 5.54 Å². The van der Waals surface area contributed by atoms with Gasteiger partial charge < -0.3 is 0 Å². The van der Waals surface area contributed by atoms with E-state index in [-0.39, 0.29) is 0 Å². The zero-order valence-electron chi connectivity index (χ0n) is 17.3. The van der Waals surface area contributed by atoms with Crippen LogP contribution < -0.4 is 0 Å². The van der Waals surface area contributed by atoms with E-state index < -0.39 is 0 Å². The largest absolute Gasteiger partial charge is 0.298 e. The van der Waals surface area contributed by atoms with E-state index in [1.165, 1.54) is 103 Å². The van der Waals surface area contributed by atoms with Gasteiger partial charge in [0.05, 0.1) is 0 Å². The Bertz CT molecular complexity index is 228. The van der Waals surface area contributed by atoms with Crippen molar-refractivity contribution in [1.82, 2.24) is 4.90 Å². The van der Waals surface area contributed by atoms with Gasteiger partial charge in [-0.15, -0.1) is 0 Å². The van der Waals surface area contributed by atoms with Gasteiger partial charge in [0.15, 0.2) is 0 Å². The second-order valence-corrected chi connectivity index (χ2v) is 8.09. The zero-order valence-corrected chi connectivity index (χ0v) is 17.3. The molecule has 0 unspecified atom stereocenters. The summed E-state index contributed by atoms with van der Waals surface area (Å²) >= 11 is 0. The number of unbranched alkanes of at least 4 members (excludes halogenated alkanes) is 10. The zero-order chi connectivity index (χ0) is 17.4. The Labute approximate surface area is 148 Å². The van der Waals surface area contributed by atoms with Crippen molar-refractivity contribution < 1.29 is 0 Å². The molecule has 0 radical (unpaired) electrons. The minimum Gasteiger partial charge on any atom is -0.298 e. The average Bonchev–Trinajstić information content (AvgIpc) is 2.52. The van der Waals surface area contributed by atoms with Crippen LogP contribution >= 0.6 is 0 Å². The molecule has 0 aliphatic carbocycles. The maximum Gasteiger partial charge on any atom is 0.0153 e. The Kier molecular flexibility index (Phi) is 15.5. The van der Waals surface area contributed by atoms with Crippen LogP contribution in [0.1, 0.15) is 125 Å². The van der Waals surface area contributed by atoms with Crippen molar-refractivity contribution in [3.05, 3.63) is 0 Å². The van der Waals surface area contributed by atoms with Gasteiger partial charge in [-0.3, -0.25) is 4.90 Å². The van der Waals surface area contributed by atoms with Crippen molar-refractivity contribution in [2.75, 3.05) is 13.1 Å². The van der Waals surface area contributed by atoms with Crippen LogP contribution in [0.15, 0.2) is 0 Å². The van der Waals surface area contributed by atoms with Crippen LogP contribution in [0.25, 0.3) is 0 Å². The van der Waals surface area contributed by atoms with Crippen molar-refractivity contribution in [2.45, 2.75) is 130 Å². The van der Waals surface area contributed by atoms with Gasteiger partial charge >= 0.3 is 0 Å². The fourth-order valence-electron chi connectivity index (χ4n) is 3.64. The molecule has 0 aromatic rings. The van der Waals surface area contributed by atoms with E-state index in [9.17, 15) is 0 Å². The van der Waals surface area contributed by atoms with Crippen LogP contribution in [-0.4, -0.2) is 23.5 Å². The number of hydrogen-bond donors (Lipinski definition) is 0. The lowest BCUT2D eigenvalue weighted by atomic mass is 9.93. The first-order chi connectivity index (χ1) is 11.1. The molecule has 0 aromatic carbocycles. The molecule has 0 N–H and O–H groups in total. The van der Waals surface area contributed by atoms with Crippen LogP contribution in [0.4, 0.5) is 0 Å². The maximum absolute atomic E-state index is 2.71. The third-order valence-electron chi connectivity index (χ3n) is 5.24. The van der Waals surface area contributed by atoms with Gasteiger partial charge in [-0.2, -0.15) is 0 Å². The molecule has 0 saturated heterocycles. The van der Waals surface area contributed by atoms with E-state index >= 15 is 0 Å². The van der Waals surface area contributed by atoms with E-state index in [0.717, 1.165) is 0 Å². The summed E-state index contributed by atoms with van der Waals surface area (Å²) in [6, 6.07) is 0. The lowest BCUT2D eigenvalue weighted by Crippen LogP contribution is -2.44. The SMILES string of the molecule is CCCCCCCCCCCCCC(C)(C)N(CCC)CCC. The molecule has 0 aliphatic rings. The molecule has 1 heteroatoms. The molecule has 0 atom stereocenters. The number of rotatable bonds is 17. The topological polar surface area (TPSA) is 3.24 Å². The third-order valence-corrected chi connectivity index (χ3v) is 5.24. The molecule has 0 spiro atoms. The fourth-order valence-corrected chi connectivity index (χ4v) is 3.64. The second kappa shape index (κ2) is 15.5. The first-order valence-electron chi connectivity index (χ1n) is 10.8. The highest BCUT2D eigenvalue weighted by atomic mass is 15.2. The molecule has 0 heterocycles. The molecule has 23 heavy (non-hydrogen) atoms. The molecular weight excluding hydrogens is 278 g/mol. The minimum atomic E-state index is 0.394. The summed E-state index contributed by atoms with van der Waals surface area (Å²) in [7, 11) is 0. The Balaban J connectivity index is 3.57. The van der Waals surface area contributed by atoms with Crippen molar-refractivity contribution in [2.24, 2.45) is 0 Å². The molecule has 0 bridgehead atoms. The normalized spacial score (nSPS) is 12.3. The minimum absolute atomic E-state index is 0.394. The van der Waals surface area contributed by atoms with Crippen molar-refractivity contribution >= 4 is 0 Å². The molecule has 0 aromatic heterocycles. The van der Waals surface area contributed by atoms with Gasteiger partial charge in [0.25, 0.3) is 0 Å². The number of hydrogen-bond acceptors (Lipinski definition) is 1. The third kappa shape index (κ3) is 13.0. The van der Waals surface area contributed by atoms with Crippen LogP contribution in [-0.2, 0) is 0 Å². The molecule has 1 nitrogen and oxygen atoms in total. The summed E-state index contributed by atoms with van der Waals surface area (Å²) in [4.78, 5) is 2.71. The molecule has 0 amide bonds. The predicted molar refractivity (Wildman–Crippen MR) is 107 cm³/mol. The van der Waals surface area contributed by atoms with Crippen molar-refractivity contribution in [3.63, 3.8) is 0 Å². The summed E-state index contributed by atoms with van der Waals surface area (Å²) in [6.45, 7) is 14.3. The van der Waals surface area contributed by atoms with Gasteiger partial charge in [0.1, 0.15) is 0 Å². The first kappa shape index (κ1) is 23.0. The summed E-state index contributed by atoms with van der Waals surface area (Å²) in [5, 5.41) is 0. The first-order valence-corrected chi connectivity index (χ1v) is 10.8. The van der Waals surface area contributed by atoms with E-state index in [4.69, 9.17) is 0 Å². The summed E-state index contributed by atoms with van der Waals surface area (Å²) in [5.41, 5.74) is 0.394. The highest BCUT2D eigenvalue weighted by Crippen LogP contribution is 2.23. The lowest BCUT2D eigenvalue weighted by Gasteiger charge is -2.38. The van der Waals surface area contributed by atoms with Gasteiger partial charge in [-0.25, -0.2) is 0 Å². The van der Waals surface area contributed by atoms with Crippen molar-refractivity contribution in [1.29, 1.82) is 0 Å². The molecular formula is C22H47N. The van der Waals surface area contributed by atoms with Crippen LogP contribution in [0, 0.1) is 0 Å². The fraction of sp³-hybridized carbons (Fsp3) is 1.00. The van der Waals surface area contributed by atoms with Gasteiger partial charge in [0.2, 0.25) is 0 Å². The van der Waals surface area contributed by atoms with E-state index in [0.29, 0.717) is 5.54 Å². The summed E-state index contributed by atoms with van der Waals surface area (Å²) in [6.07, 6.45) is 19.8. The van der Waals surface area contributed by atoms with Crippen LogP contribution in [0.5, 0.6) is 0 Å². The van der Waals surface area contributed by atoms with E-state index in [2.05, 4.69) is 39.5 Å². The average molecular weight is 326 g/mol. The predicted octanol–water partition coefficient (Wildman–Crippen LogP) is 7.59. The highest BCUT2D eigenvalue weighted by molar-refractivity contribution is 4.81. The van der Waals surface area contributed by atoms with E-state index in [1.54, 1.807) is 0 Å². The van der Waals surface area contributed by atoms with Crippen LogP contribution in [0.3, 0.4) is 0 Å². The van der Waals surface area contributed by atoms with Gasteiger partial charge in [-0.1, -0.05) is 91.4 Å². The molecule has 140 valence electrons. The molecule has 0 rings (SSSR count). The Morgan fingerprint density at radius 2 is 0.913 bits per heavy atom. The lowest BCUT2D eigenvalue weighted by molar-refractivity contribution is 0.108. The molecule has 0 fully saturated rings. The molecule has 0 saturated carbocycles.